The van der Waals surface area contributed by atoms with Gasteiger partial charge in [-0.2, -0.15) is 4.31 Å². The van der Waals surface area contributed by atoms with Gasteiger partial charge in [-0.3, -0.25) is 10.1 Å². The molecule has 0 fully saturated rings. The van der Waals surface area contributed by atoms with Crippen molar-refractivity contribution in [1.82, 2.24) is 4.31 Å². The van der Waals surface area contributed by atoms with Gasteiger partial charge in [-0.05, 0) is 29.0 Å². The quantitative estimate of drug-likeness (QED) is 0.447. The molecule has 0 spiro atoms. The van der Waals surface area contributed by atoms with E-state index in [9.17, 15) is 23.6 Å². The summed E-state index contributed by atoms with van der Waals surface area (Å²) in [5, 5.41) is 22.7. The van der Waals surface area contributed by atoms with E-state index in [1.165, 1.54) is 37.4 Å². The minimum absolute atomic E-state index is 0.130. The molecule has 0 aliphatic heterocycles. The van der Waals surface area contributed by atoms with Crippen molar-refractivity contribution >= 4 is 26.5 Å². The van der Waals surface area contributed by atoms with Gasteiger partial charge in [0.25, 0.3) is 5.69 Å². The van der Waals surface area contributed by atoms with Crippen molar-refractivity contribution in [3.05, 3.63) is 76.8 Å². The molecule has 3 rings (SSSR count). The number of nitro benzene ring substituents is 1. The van der Waals surface area contributed by atoms with E-state index in [2.05, 4.69) is 0 Å². The first-order valence-electron chi connectivity index (χ1n) is 8.78. The maximum atomic E-state index is 12.8. The van der Waals surface area contributed by atoms with E-state index >= 15 is 0 Å². The van der Waals surface area contributed by atoms with Gasteiger partial charge < -0.3 is 9.84 Å². The van der Waals surface area contributed by atoms with Crippen LogP contribution in [0.5, 0.6) is 5.75 Å². The average Bonchev–Trinajstić information content (AvgIpc) is 2.72. The molecule has 0 amide bonds. The highest BCUT2D eigenvalue weighted by Crippen LogP contribution is 2.22. The summed E-state index contributed by atoms with van der Waals surface area (Å²) >= 11 is 0. The second kappa shape index (κ2) is 8.56. The Labute approximate surface area is 168 Å². The van der Waals surface area contributed by atoms with Crippen LogP contribution in [-0.2, 0) is 10.0 Å². The number of likely N-dealkylation sites (N-methyl/N-ethyl adjacent to an activating group) is 1. The van der Waals surface area contributed by atoms with Gasteiger partial charge in [0.15, 0.2) is 0 Å². The highest BCUT2D eigenvalue weighted by Gasteiger charge is 2.23. The third kappa shape index (κ3) is 4.89. The first-order chi connectivity index (χ1) is 13.8. The molecular weight excluding hydrogens is 396 g/mol. The Balaban J connectivity index is 1.65. The molecule has 0 aliphatic carbocycles. The van der Waals surface area contributed by atoms with E-state index < -0.39 is 21.1 Å². The largest absolute Gasteiger partial charge is 0.491 e. The molecular formula is C20H20N2O6S. The number of nitrogens with zero attached hydrogens (tertiary/aromatic N) is 2. The van der Waals surface area contributed by atoms with Crippen molar-refractivity contribution in [2.75, 3.05) is 20.2 Å². The van der Waals surface area contributed by atoms with Crippen LogP contribution in [0.2, 0.25) is 0 Å². The summed E-state index contributed by atoms with van der Waals surface area (Å²) in [6.07, 6.45) is -1.12. The standard InChI is InChI=1S/C20H20N2O6S/c1-21(13-18(23)14-28-19-8-4-7-17(12-19)22(24)25)29(26,27)20-10-9-15-5-2-3-6-16(15)11-20/h2-12,18,23H,13-14H2,1H3/t18-/m1/s1. The molecule has 0 aromatic heterocycles. The number of hydrogen-bond acceptors (Lipinski definition) is 6. The minimum Gasteiger partial charge on any atom is -0.491 e. The molecule has 0 unspecified atom stereocenters. The predicted octanol–water partition coefficient (Wildman–Crippen LogP) is 2.81. The summed E-state index contributed by atoms with van der Waals surface area (Å²) in [6.45, 7) is -0.400. The molecule has 3 aromatic rings. The van der Waals surface area contributed by atoms with E-state index in [1.807, 2.05) is 24.3 Å². The Bertz CT molecular complexity index is 1130. The first kappa shape index (κ1) is 20.7. The van der Waals surface area contributed by atoms with Crippen LogP contribution in [0, 0.1) is 10.1 Å². The molecule has 3 aromatic carbocycles. The molecule has 8 nitrogen and oxygen atoms in total. The van der Waals surface area contributed by atoms with Gasteiger partial charge in [0.1, 0.15) is 18.5 Å². The third-order valence-electron chi connectivity index (χ3n) is 4.37. The SMILES string of the molecule is CN(C[C@@H](O)COc1cccc([N+](=O)[O-])c1)S(=O)(=O)c1ccc2ccccc2c1. The highest BCUT2D eigenvalue weighted by atomic mass is 32.2. The lowest BCUT2D eigenvalue weighted by atomic mass is 10.1. The van der Waals surface area contributed by atoms with Gasteiger partial charge in [-0.1, -0.05) is 36.4 Å². The molecule has 152 valence electrons. The van der Waals surface area contributed by atoms with Crippen LogP contribution in [0.15, 0.2) is 71.6 Å². The van der Waals surface area contributed by atoms with Crippen LogP contribution in [0.3, 0.4) is 0 Å². The number of rotatable bonds is 8. The minimum atomic E-state index is -3.80. The Morgan fingerprint density at radius 3 is 2.52 bits per heavy atom. The zero-order valence-corrected chi connectivity index (χ0v) is 16.5. The van der Waals surface area contributed by atoms with Gasteiger partial charge in [-0.25, -0.2) is 8.42 Å². The zero-order chi connectivity index (χ0) is 21.0. The van der Waals surface area contributed by atoms with Crippen molar-refractivity contribution in [2.45, 2.75) is 11.0 Å². The van der Waals surface area contributed by atoms with E-state index in [0.29, 0.717) is 0 Å². The third-order valence-corrected chi connectivity index (χ3v) is 6.19. The molecule has 1 N–H and O–H groups in total. The number of nitro groups is 1. The Morgan fingerprint density at radius 1 is 1.07 bits per heavy atom. The Morgan fingerprint density at radius 2 is 1.79 bits per heavy atom. The highest BCUT2D eigenvalue weighted by molar-refractivity contribution is 7.89. The summed E-state index contributed by atoms with van der Waals surface area (Å²) in [7, 11) is -2.42. The zero-order valence-electron chi connectivity index (χ0n) is 15.6. The van der Waals surface area contributed by atoms with Crippen LogP contribution in [0.4, 0.5) is 5.69 Å². The fourth-order valence-electron chi connectivity index (χ4n) is 2.83. The maximum absolute atomic E-state index is 12.8. The summed E-state index contributed by atoms with van der Waals surface area (Å²) < 4.78 is 32.0. The van der Waals surface area contributed by atoms with E-state index in [0.717, 1.165) is 15.1 Å². The van der Waals surface area contributed by atoms with E-state index in [1.54, 1.807) is 12.1 Å². The van der Waals surface area contributed by atoms with Gasteiger partial charge in [0, 0.05) is 19.7 Å². The second-order valence-corrected chi connectivity index (χ2v) is 8.56. The number of non-ortho nitro benzene ring substituents is 1. The molecule has 0 saturated heterocycles. The van der Waals surface area contributed by atoms with Crippen molar-refractivity contribution in [2.24, 2.45) is 0 Å². The maximum Gasteiger partial charge on any atom is 0.273 e. The number of fused-ring (bicyclic) bond motifs is 1. The lowest BCUT2D eigenvalue weighted by molar-refractivity contribution is -0.384. The van der Waals surface area contributed by atoms with Crippen LogP contribution < -0.4 is 4.74 Å². The summed E-state index contributed by atoms with van der Waals surface area (Å²) in [5.41, 5.74) is -0.131. The number of sulfonamides is 1. The molecule has 1 atom stereocenters. The summed E-state index contributed by atoms with van der Waals surface area (Å²) in [6, 6.07) is 17.8. The topological polar surface area (TPSA) is 110 Å². The smallest absolute Gasteiger partial charge is 0.273 e. The number of hydrogen-bond donors (Lipinski definition) is 1. The van der Waals surface area contributed by atoms with E-state index in [4.69, 9.17) is 4.74 Å². The normalized spacial score (nSPS) is 12.8. The Hall–Kier alpha value is -3.01. The second-order valence-electron chi connectivity index (χ2n) is 6.51. The number of ether oxygens (including phenoxy) is 1. The molecule has 29 heavy (non-hydrogen) atoms. The monoisotopic (exact) mass is 416 g/mol. The first-order valence-corrected chi connectivity index (χ1v) is 10.2. The fourth-order valence-corrected chi connectivity index (χ4v) is 4.08. The molecule has 0 radical (unpaired) electrons. The van der Waals surface area contributed by atoms with Crippen LogP contribution in [-0.4, -0.2) is 49.1 Å². The summed E-state index contributed by atoms with van der Waals surface area (Å²) in [4.78, 5) is 10.4. The van der Waals surface area contributed by atoms with Crippen molar-refractivity contribution < 1.29 is 23.2 Å². The van der Waals surface area contributed by atoms with Crippen LogP contribution in [0.1, 0.15) is 0 Å². The van der Waals surface area contributed by atoms with Crippen molar-refractivity contribution in [3.63, 3.8) is 0 Å². The summed E-state index contributed by atoms with van der Waals surface area (Å²) in [5.74, 6) is 0.221. The van der Waals surface area contributed by atoms with Crippen LogP contribution >= 0.6 is 0 Å². The average molecular weight is 416 g/mol. The fraction of sp³-hybridized carbons (Fsp3) is 0.200. The van der Waals surface area contributed by atoms with Crippen molar-refractivity contribution in [1.29, 1.82) is 0 Å². The molecule has 0 aliphatic rings. The van der Waals surface area contributed by atoms with E-state index in [-0.39, 0.29) is 29.5 Å². The van der Waals surface area contributed by atoms with Gasteiger partial charge in [-0.15, -0.1) is 0 Å². The van der Waals surface area contributed by atoms with Crippen LogP contribution in [0.25, 0.3) is 10.8 Å². The van der Waals surface area contributed by atoms with Gasteiger partial charge >= 0.3 is 0 Å². The number of aliphatic hydroxyl groups is 1. The molecule has 0 bridgehead atoms. The number of benzene rings is 3. The lowest BCUT2D eigenvalue weighted by Gasteiger charge is -2.21. The Kier molecular flexibility index (Phi) is 6.12. The number of aliphatic hydroxyl groups excluding tert-OH is 1. The lowest BCUT2D eigenvalue weighted by Crippen LogP contribution is -2.37. The van der Waals surface area contributed by atoms with Crippen molar-refractivity contribution in [3.8, 4) is 5.75 Å². The molecule has 9 heteroatoms. The predicted molar refractivity (Wildman–Crippen MR) is 108 cm³/mol. The van der Waals surface area contributed by atoms with Gasteiger partial charge in [0.05, 0.1) is 15.9 Å². The molecule has 0 heterocycles. The molecule has 0 saturated carbocycles. The van der Waals surface area contributed by atoms with Gasteiger partial charge in [0.2, 0.25) is 10.0 Å².